The minimum Gasteiger partial charge on any atom is -0.494 e. The first-order chi connectivity index (χ1) is 9.33. The van der Waals surface area contributed by atoms with Crippen molar-refractivity contribution in [1.29, 1.82) is 0 Å². The van der Waals surface area contributed by atoms with Gasteiger partial charge in [-0.25, -0.2) is 0 Å². The highest BCUT2D eigenvalue weighted by Gasteiger charge is 2.15. The van der Waals surface area contributed by atoms with Crippen LogP contribution in [0, 0.1) is 0 Å². The Hall–Kier alpha value is -1.42. The lowest BCUT2D eigenvalue weighted by Crippen LogP contribution is -2.38. The van der Waals surface area contributed by atoms with E-state index in [0.29, 0.717) is 19.3 Å². The molecule has 0 aliphatic carbocycles. The zero-order valence-corrected chi connectivity index (χ0v) is 11.9. The lowest BCUT2D eigenvalue weighted by atomic mass is 10.1. The van der Waals surface area contributed by atoms with Gasteiger partial charge in [0.2, 0.25) is 0 Å². The summed E-state index contributed by atoms with van der Waals surface area (Å²) in [5.41, 5.74) is 1.03. The van der Waals surface area contributed by atoms with Gasteiger partial charge in [-0.1, -0.05) is 0 Å². The van der Waals surface area contributed by atoms with Crippen LogP contribution in [0.15, 0.2) is 18.2 Å². The Kier molecular flexibility index (Phi) is 5.33. The van der Waals surface area contributed by atoms with Gasteiger partial charge in [-0.2, -0.15) is 0 Å². The molecule has 1 unspecified atom stereocenters. The van der Waals surface area contributed by atoms with Gasteiger partial charge in [0.25, 0.3) is 0 Å². The van der Waals surface area contributed by atoms with Gasteiger partial charge in [0, 0.05) is 18.7 Å². The van der Waals surface area contributed by atoms with Crippen molar-refractivity contribution in [2.75, 3.05) is 31.6 Å². The second kappa shape index (κ2) is 7.24. The molecule has 0 aromatic heterocycles. The molecule has 2 rings (SSSR count). The van der Waals surface area contributed by atoms with E-state index in [1.54, 1.807) is 0 Å². The van der Waals surface area contributed by atoms with E-state index < -0.39 is 0 Å². The molecule has 0 saturated carbocycles. The lowest BCUT2D eigenvalue weighted by Gasteiger charge is -2.26. The van der Waals surface area contributed by atoms with E-state index in [2.05, 4.69) is 10.6 Å². The summed E-state index contributed by atoms with van der Waals surface area (Å²) >= 11 is 0. The van der Waals surface area contributed by atoms with Crippen molar-refractivity contribution < 1.29 is 9.47 Å². The monoisotopic (exact) mass is 264 g/mol. The van der Waals surface area contributed by atoms with Crippen molar-refractivity contribution >= 4 is 5.69 Å². The minimum absolute atomic E-state index is 0.463. The molecule has 1 aliphatic rings. The molecule has 1 heterocycles. The summed E-state index contributed by atoms with van der Waals surface area (Å²) in [6, 6.07) is 6.43. The van der Waals surface area contributed by atoms with Crippen LogP contribution >= 0.6 is 0 Å². The second-order valence-corrected chi connectivity index (χ2v) is 4.71. The van der Waals surface area contributed by atoms with E-state index in [9.17, 15) is 0 Å². The normalized spacial score (nSPS) is 18.9. The van der Waals surface area contributed by atoms with Crippen LogP contribution in [-0.4, -0.2) is 32.3 Å². The van der Waals surface area contributed by atoms with E-state index in [0.717, 1.165) is 30.3 Å². The van der Waals surface area contributed by atoms with Crippen molar-refractivity contribution in [2.45, 2.75) is 32.7 Å². The maximum atomic E-state index is 5.67. The standard InChI is InChI=1S/C15H24N2O2/c1-3-18-13-7-8-15(19-4-2)14(10-13)17-12-6-5-9-16-11-12/h7-8,10,12,16-17H,3-6,9,11H2,1-2H3. The molecule has 1 aromatic rings. The Morgan fingerprint density at radius 3 is 2.79 bits per heavy atom. The van der Waals surface area contributed by atoms with E-state index in [1.807, 2.05) is 32.0 Å². The fraction of sp³-hybridized carbons (Fsp3) is 0.600. The number of piperidine rings is 1. The maximum absolute atomic E-state index is 5.67. The van der Waals surface area contributed by atoms with Crippen LogP contribution in [-0.2, 0) is 0 Å². The zero-order valence-electron chi connectivity index (χ0n) is 11.9. The molecular weight excluding hydrogens is 240 g/mol. The molecule has 19 heavy (non-hydrogen) atoms. The van der Waals surface area contributed by atoms with Crippen LogP contribution in [0.5, 0.6) is 11.5 Å². The Morgan fingerprint density at radius 1 is 1.26 bits per heavy atom. The second-order valence-electron chi connectivity index (χ2n) is 4.71. The summed E-state index contributed by atoms with van der Waals surface area (Å²) in [6.45, 7) is 7.47. The van der Waals surface area contributed by atoms with Gasteiger partial charge < -0.3 is 20.1 Å². The molecule has 4 heteroatoms. The molecule has 2 N–H and O–H groups in total. The number of benzene rings is 1. The third-order valence-corrected chi connectivity index (χ3v) is 3.22. The average Bonchev–Trinajstić information content (AvgIpc) is 2.43. The number of hydrogen-bond acceptors (Lipinski definition) is 4. The third kappa shape index (κ3) is 4.03. The largest absolute Gasteiger partial charge is 0.494 e. The number of hydrogen-bond donors (Lipinski definition) is 2. The summed E-state index contributed by atoms with van der Waals surface area (Å²) < 4.78 is 11.2. The van der Waals surface area contributed by atoms with Crippen LogP contribution in [0.3, 0.4) is 0 Å². The number of ether oxygens (including phenoxy) is 2. The Bertz CT molecular complexity index is 390. The third-order valence-electron chi connectivity index (χ3n) is 3.22. The van der Waals surface area contributed by atoms with E-state index in [-0.39, 0.29) is 0 Å². The molecule has 0 spiro atoms. The SMILES string of the molecule is CCOc1ccc(OCC)c(NC2CCCNC2)c1. The minimum atomic E-state index is 0.463. The number of anilines is 1. The smallest absolute Gasteiger partial charge is 0.142 e. The molecule has 106 valence electrons. The van der Waals surface area contributed by atoms with E-state index in [1.165, 1.54) is 12.8 Å². The van der Waals surface area contributed by atoms with Crippen LogP contribution in [0.1, 0.15) is 26.7 Å². The zero-order chi connectivity index (χ0) is 13.5. The van der Waals surface area contributed by atoms with Gasteiger partial charge in [0.05, 0.1) is 18.9 Å². The fourth-order valence-electron chi connectivity index (χ4n) is 2.35. The van der Waals surface area contributed by atoms with Crippen molar-refractivity contribution in [3.63, 3.8) is 0 Å². The maximum Gasteiger partial charge on any atom is 0.142 e. The fourth-order valence-corrected chi connectivity index (χ4v) is 2.35. The quantitative estimate of drug-likeness (QED) is 0.829. The molecule has 0 amide bonds. The topological polar surface area (TPSA) is 42.5 Å². The van der Waals surface area contributed by atoms with Crippen LogP contribution in [0.2, 0.25) is 0 Å². The first kappa shape index (κ1) is 14.0. The summed E-state index contributed by atoms with van der Waals surface area (Å²) in [5.74, 6) is 1.79. The Labute approximate surface area is 115 Å². The average molecular weight is 264 g/mol. The predicted octanol–water partition coefficient (Wildman–Crippen LogP) is 2.65. The lowest BCUT2D eigenvalue weighted by molar-refractivity contribution is 0.331. The molecule has 0 radical (unpaired) electrons. The van der Waals surface area contributed by atoms with Gasteiger partial charge in [-0.15, -0.1) is 0 Å². The van der Waals surface area contributed by atoms with Gasteiger partial charge >= 0.3 is 0 Å². The number of nitrogens with one attached hydrogen (secondary N) is 2. The summed E-state index contributed by atoms with van der Waals surface area (Å²) in [5, 5.41) is 6.98. The Balaban J connectivity index is 2.11. The molecular formula is C15H24N2O2. The van der Waals surface area contributed by atoms with Crippen molar-refractivity contribution in [3.05, 3.63) is 18.2 Å². The van der Waals surface area contributed by atoms with Gasteiger partial charge in [0.1, 0.15) is 11.5 Å². The van der Waals surface area contributed by atoms with Gasteiger partial charge in [0.15, 0.2) is 0 Å². The summed E-state index contributed by atoms with van der Waals surface area (Å²) in [6.07, 6.45) is 2.41. The Morgan fingerprint density at radius 2 is 2.11 bits per heavy atom. The van der Waals surface area contributed by atoms with E-state index >= 15 is 0 Å². The highest BCUT2D eigenvalue weighted by molar-refractivity contribution is 5.60. The molecule has 4 nitrogen and oxygen atoms in total. The molecule has 1 aromatic carbocycles. The number of rotatable bonds is 6. The molecule has 1 atom stereocenters. The first-order valence-corrected chi connectivity index (χ1v) is 7.20. The highest BCUT2D eigenvalue weighted by Crippen LogP contribution is 2.30. The van der Waals surface area contributed by atoms with Crippen molar-refractivity contribution in [1.82, 2.24) is 5.32 Å². The summed E-state index contributed by atoms with van der Waals surface area (Å²) in [7, 11) is 0. The van der Waals surface area contributed by atoms with Crippen LogP contribution < -0.4 is 20.1 Å². The van der Waals surface area contributed by atoms with Crippen molar-refractivity contribution in [3.8, 4) is 11.5 Å². The van der Waals surface area contributed by atoms with Crippen LogP contribution in [0.25, 0.3) is 0 Å². The first-order valence-electron chi connectivity index (χ1n) is 7.20. The van der Waals surface area contributed by atoms with Gasteiger partial charge in [-0.05, 0) is 45.4 Å². The molecule has 0 bridgehead atoms. The predicted molar refractivity (Wildman–Crippen MR) is 78.3 cm³/mol. The summed E-state index contributed by atoms with van der Waals surface area (Å²) in [4.78, 5) is 0. The van der Waals surface area contributed by atoms with Crippen molar-refractivity contribution in [2.24, 2.45) is 0 Å². The highest BCUT2D eigenvalue weighted by atomic mass is 16.5. The van der Waals surface area contributed by atoms with Gasteiger partial charge in [-0.3, -0.25) is 0 Å². The molecule has 1 fully saturated rings. The van der Waals surface area contributed by atoms with E-state index in [4.69, 9.17) is 9.47 Å². The molecule has 1 saturated heterocycles. The molecule has 1 aliphatic heterocycles. The van der Waals surface area contributed by atoms with Crippen LogP contribution in [0.4, 0.5) is 5.69 Å².